The van der Waals surface area contributed by atoms with Crippen molar-refractivity contribution < 1.29 is 79.8 Å². The number of rotatable bonds is 21. The molecule has 1 aliphatic carbocycles. The molecule has 0 bridgehead atoms. The fourth-order valence-corrected chi connectivity index (χ4v) is 11.4. The lowest BCUT2D eigenvalue weighted by Gasteiger charge is -2.22. The van der Waals surface area contributed by atoms with Gasteiger partial charge in [0.25, 0.3) is 11.5 Å². The summed E-state index contributed by atoms with van der Waals surface area (Å²) >= 11 is 0. The van der Waals surface area contributed by atoms with Crippen molar-refractivity contribution in [2.75, 3.05) is 57.4 Å². The normalized spacial score (nSPS) is 18.7. The number of hydrogen-bond donors (Lipinski definition) is 10. The number of benzene rings is 3. The van der Waals surface area contributed by atoms with Gasteiger partial charge in [-0.05, 0) is 69.0 Å². The number of fused-ring (bicyclic) bond motifs is 3. The van der Waals surface area contributed by atoms with E-state index in [1.165, 1.54) is 4.90 Å². The Bertz CT molecular complexity index is 3380. The summed E-state index contributed by atoms with van der Waals surface area (Å²) in [4.78, 5) is 106. The Morgan fingerprint density at radius 3 is 2.43 bits per heavy atom. The number of hydrogen-bond acceptors (Lipinski definition) is 19. The van der Waals surface area contributed by atoms with Crippen LogP contribution in [0.1, 0.15) is 54.4 Å². The number of anilines is 2. The summed E-state index contributed by atoms with van der Waals surface area (Å²) in [6, 6.07) is 15.3. The minimum atomic E-state index is -5.92. The van der Waals surface area contributed by atoms with E-state index in [1.54, 1.807) is 19.2 Å². The number of alkyl carbamates (subject to hydrolysis) is 1. The van der Waals surface area contributed by atoms with Gasteiger partial charge in [0.15, 0.2) is 23.5 Å². The van der Waals surface area contributed by atoms with Gasteiger partial charge in [-0.1, -0.05) is 18.2 Å². The quantitative estimate of drug-likeness (QED) is 0.0280. The van der Waals surface area contributed by atoms with Crippen LogP contribution >= 0.6 is 23.5 Å². The number of aromatic amines is 1. The zero-order chi connectivity index (χ0) is 54.6. The molecule has 3 aliphatic rings. The van der Waals surface area contributed by atoms with Gasteiger partial charge in [-0.2, -0.15) is 13.6 Å². The minimum absolute atomic E-state index is 0.00339. The lowest BCUT2D eigenvalue weighted by molar-refractivity contribution is -0.121. The van der Waals surface area contributed by atoms with E-state index < -0.39 is 72.2 Å². The fraction of sp³-hybridized carbons (Fsp3) is 0.386. The highest BCUT2D eigenvalue weighted by Gasteiger charge is 2.50. The Balaban J connectivity index is 0.965. The van der Waals surface area contributed by atoms with Crippen LogP contribution < -0.4 is 32.6 Å². The number of phosphoric acid groups is 3. The first-order valence-corrected chi connectivity index (χ1v) is 27.6. The number of nitrogens with two attached hydrogens (primary N) is 1. The van der Waals surface area contributed by atoms with E-state index in [2.05, 4.69) is 55.1 Å². The van der Waals surface area contributed by atoms with E-state index in [4.69, 9.17) is 29.4 Å². The van der Waals surface area contributed by atoms with Crippen LogP contribution in [0.15, 0.2) is 69.1 Å². The van der Waals surface area contributed by atoms with Crippen LogP contribution in [0.4, 0.5) is 16.4 Å². The molecule has 28 nitrogen and oxygen atoms in total. The molecule has 6 atom stereocenters. The summed E-state index contributed by atoms with van der Waals surface area (Å²) in [5, 5.41) is 21.4. The van der Waals surface area contributed by atoms with Crippen LogP contribution in [-0.4, -0.2) is 132 Å². The maximum absolute atomic E-state index is 14.3. The summed E-state index contributed by atoms with van der Waals surface area (Å²) in [5.41, 5.74) is 10.7. The van der Waals surface area contributed by atoms with Gasteiger partial charge in [0.05, 0.1) is 18.3 Å². The van der Waals surface area contributed by atoms with Crippen molar-refractivity contribution in [3.63, 3.8) is 0 Å². The zero-order valence-corrected chi connectivity index (χ0v) is 43.5. The SMILES string of the molecule is CCN=c1cc2oc3cc(NCC)c(C)cc3c(-c3ccccc3C(=O)N(C)CCCC(=O)NCCNC(=O)O[C@H]3[C@@H](O)[C@H](n4cnc5c(=O)[nH]c(N)nc54)O[C@@H]3COP(=O)(O)OP(=O)(O)OP(=O)(O)O)c-2cc1C. The van der Waals surface area contributed by atoms with Crippen molar-refractivity contribution in [3.05, 3.63) is 87.3 Å². The van der Waals surface area contributed by atoms with Gasteiger partial charge < -0.3 is 65.2 Å². The number of ether oxygens (including phenoxy) is 2. The molecule has 4 aromatic rings. The standard InChI is InChI=1S/C44H55N10O18P3/c1-6-46-29-19-31-27(17-23(29)3)35(28-18-24(4)30(47-7-2)20-32(28)68-31)25-11-8-9-12-26(25)41(58)53(5)16-10-13-34(55)48-14-15-49-44(59)70-38-33(21-67-74(63,64)72-75(65,66)71-73(60,61)62)69-42(37(38)56)54-22-50-36-39(54)51-43(45)52-40(36)57/h8-9,11-12,17-20,22,33,37-38,42,46,56H,6-7,10,13-16,21H2,1-5H3,(H,48,55)(H,49,59)(H,63,64)(H,65,66)(H2,60,61,62)(H3,45,51,52,57)/t33-,37-,38-,42-/m1/s1. The first kappa shape index (κ1) is 56.3. The zero-order valence-electron chi connectivity index (χ0n) is 40.9. The van der Waals surface area contributed by atoms with Gasteiger partial charge in [-0.15, -0.1) is 0 Å². The number of amides is 3. The molecular formula is C44H55N10O18P3. The average Bonchev–Trinajstić information content (AvgIpc) is 3.88. The first-order chi connectivity index (χ1) is 35.4. The highest BCUT2D eigenvalue weighted by molar-refractivity contribution is 7.66. The molecule has 4 heterocycles. The van der Waals surface area contributed by atoms with Crippen LogP contribution in [0.25, 0.3) is 44.6 Å². The summed E-state index contributed by atoms with van der Waals surface area (Å²) < 4.78 is 66.3. The number of aryl methyl sites for hydroxylation is 2. The number of H-pyrrole nitrogens is 1. The highest BCUT2D eigenvalue weighted by atomic mass is 31.3. The summed E-state index contributed by atoms with van der Waals surface area (Å²) in [5.74, 6) is -0.430. The second kappa shape index (κ2) is 23.2. The molecule has 2 aromatic carbocycles. The number of aliphatic hydroxyl groups is 1. The molecule has 3 amide bonds. The Morgan fingerprint density at radius 1 is 0.973 bits per heavy atom. The van der Waals surface area contributed by atoms with Crippen LogP contribution in [0.2, 0.25) is 0 Å². The number of aliphatic hydroxyl groups excluding tert-OH is 1. The summed E-state index contributed by atoms with van der Waals surface area (Å²) in [7, 11) is -15.7. The van der Waals surface area contributed by atoms with Crippen molar-refractivity contribution >= 4 is 75.1 Å². The Hall–Kier alpha value is -6.38. The van der Waals surface area contributed by atoms with Crippen LogP contribution in [0, 0.1) is 13.8 Å². The number of aromatic nitrogens is 4. The molecule has 404 valence electrons. The predicted octanol–water partition coefficient (Wildman–Crippen LogP) is 3.55. The predicted molar refractivity (Wildman–Crippen MR) is 268 cm³/mol. The van der Waals surface area contributed by atoms with Gasteiger partial charge in [-0.3, -0.25) is 33.5 Å². The molecule has 2 aromatic heterocycles. The minimum Gasteiger partial charge on any atom is -0.456 e. The molecular weight excluding hydrogens is 1050 g/mol. The fourth-order valence-electron chi connectivity index (χ4n) is 8.32. The van der Waals surface area contributed by atoms with Crippen molar-refractivity contribution in [2.45, 2.75) is 65.1 Å². The third-order valence-electron chi connectivity index (χ3n) is 11.6. The Morgan fingerprint density at radius 2 is 1.71 bits per heavy atom. The van der Waals surface area contributed by atoms with Crippen LogP contribution in [0.3, 0.4) is 0 Å². The Kier molecular flexibility index (Phi) is 17.5. The van der Waals surface area contributed by atoms with Crippen LogP contribution in [0.5, 0.6) is 0 Å². The van der Waals surface area contributed by atoms with E-state index in [9.17, 15) is 47.8 Å². The van der Waals surface area contributed by atoms with Crippen molar-refractivity contribution in [3.8, 4) is 22.5 Å². The number of nitrogens with zero attached hydrogens (tertiary/aromatic N) is 5. The Labute approximate surface area is 426 Å². The number of carbonyl (C=O) groups is 3. The molecule has 2 aliphatic heterocycles. The average molecular weight is 1100 g/mol. The monoisotopic (exact) mass is 1100 g/mol. The van der Waals surface area contributed by atoms with Crippen molar-refractivity contribution in [1.82, 2.24) is 35.1 Å². The number of nitrogen functional groups attached to an aromatic ring is 1. The molecule has 2 unspecified atom stereocenters. The lowest BCUT2D eigenvalue weighted by atomic mass is 9.89. The maximum atomic E-state index is 14.3. The van der Waals surface area contributed by atoms with E-state index in [0.717, 1.165) is 49.6 Å². The molecule has 7 rings (SSSR count). The summed E-state index contributed by atoms with van der Waals surface area (Å²) in [6.45, 7) is 7.96. The van der Waals surface area contributed by atoms with E-state index >= 15 is 0 Å². The van der Waals surface area contributed by atoms with Gasteiger partial charge in [0.1, 0.15) is 23.6 Å². The molecule has 1 fully saturated rings. The highest BCUT2D eigenvalue weighted by Crippen LogP contribution is 2.66. The topological polar surface area (TPSA) is 404 Å². The second-order valence-electron chi connectivity index (χ2n) is 17.0. The molecule has 75 heavy (non-hydrogen) atoms. The van der Waals surface area contributed by atoms with E-state index in [1.807, 2.05) is 58.0 Å². The molecule has 0 saturated carbocycles. The molecule has 11 N–H and O–H groups in total. The first-order valence-electron chi connectivity index (χ1n) is 23.1. The largest absolute Gasteiger partial charge is 0.490 e. The maximum Gasteiger partial charge on any atom is 0.490 e. The van der Waals surface area contributed by atoms with Crippen molar-refractivity contribution in [1.29, 1.82) is 0 Å². The van der Waals surface area contributed by atoms with E-state index in [-0.39, 0.29) is 55.5 Å². The van der Waals surface area contributed by atoms with Crippen LogP contribution in [-0.2, 0) is 41.1 Å². The molecule has 1 saturated heterocycles. The van der Waals surface area contributed by atoms with Gasteiger partial charge >= 0.3 is 29.6 Å². The lowest BCUT2D eigenvalue weighted by Crippen LogP contribution is -2.42. The van der Waals surface area contributed by atoms with Gasteiger partial charge in [0.2, 0.25) is 11.9 Å². The third kappa shape index (κ3) is 13.5. The number of carbonyl (C=O) groups excluding carboxylic acids is 3. The molecule has 31 heteroatoms. The van der Waals surface area contributed by atoms with Gasteiger partial charge in [0, 0.05) is 86.1 Å². The second-order valence-corrected chi connectivity index (χ2v) is 21.4. The van der Waals surface area contributed by atoms with E-state index in [0.29, 0.717) is 35.6 Å². The molecule has 0 spiro atoms. The number of imidazole rings is 1. The van der Waals surface area contributed by atoms with Crippen molar-refractivity contribution in [2.24, 2.45) is 4.99 Å². The summed E-state index contributed by atoms with van der Waals surface area (Å²) in [6.07, 6.45) is -6.92. The van der Waals surface area contributed by atoms with Gasteiger partial charge in [-0.25, -0.2) is 23.5 Å². The number of phosphoric ester groups is 1. The third-order valence-corrected chi connectivity index (χ3v) is 15.4. The number of nitrogens with one attached hydrogen (secondary N) is 4. The molecule has 0 radical (unpaired) electrons. The smallest absolute Gasteiger partial charge is 0.456 e.